The summed E-state index contributed by atoms with van der Waals surface area (Å²) in [5.41, 5.74) is 3.04. The molecule has 1 aromatic carbocycles. The van der Waals surface area contributed by atoms with Crippen LogP contribution in [0.5, 0.6) is 5.75 Å². The fourth-order valence-corrected chi connectivity index (χ4v) is 4.59. The van der Waals surface area contributed by atoms with E-state index in [9.17, 15) is 0 Å². The molecule has 0 N–H and O–H groups in total. The largest absolute Gasteiger partial charge is 0.492 e. The van der Waals surface area contributed by atoms with Crippen LogP contribution in [0.15, 0.2) is 18.2 Å². The summed E-state index contributed by atoms with van der Waals surface area (Å²) in [6, 6.07) is 7.42. The van der Waals surface area contributed by atoms with E-state index in [1.165, 1.54) is 62.7 Å². The molecule has 0 amide bonds. The zero-order valence-corrected chi connectivity index (χ0v) is 15.4. The van der Waals surface area contributed by atoms with Gasteiger partial charge in [0.2, 0.25) is 0 Å². The van der Waals surface area contributed by atoms with E-state index in [1.54, 1.807) is 0 Å². The van der Waals surface area contributed by atoms with Crippen molar-refractivity contribution in [1.29, 1.82) is 0 Å². The summed E-state index contributed by atoms with van der Waals surface area (Å²) in [5.74, 6) is 1.06. The number of morpholine rings is 1. The van der Waals surface area contributed by atoms with E-state index in [1.807, 2.05) is 0 Å². The Labute approximate surface area is 152 Å². The van der Waals surface area contributed by atoms with Crippen molar-refractivity contribution >= 4 is 0 Å². The van der Waals surface area contributed by atoms with Gasteiger partial charge < -0.3 is 9.47 Å². The van der Waals surface area contributed by atoms with Crippen LogP contribution in [0.2, 0.25) is 0 Å². The maximum Gasteiger partial charge on any atom is 0.119 e. The van der Waals surface area contributed by atoms with Crippen molar-refractivity contribution in [3.8, 4) is 5.75 Å². The molecular formula is C21H32N2O2. The third kappa shape index (κ3) is 4.36. The molecule has 4 heteroatoms. The molecule has 2 aliphatic heterocycles. The lowest BCUT2D eigenvalue weighted by Gasteiger charge is -2.35. The van der Waals surface area contributed by atoms with E-state index in [0.717, 1.165) is 45.2 Å². The van der Waals surface area contributed by atoms with Gasteiger partial charge in [0, 0.05) is 25.7 Å². The van der Waals surface area contributed by atoms with Crippen LogP contribution in [0.1, 0.15) is 49.3 Å². The average molecular weight is 344 g/mol. The molecule has 3 aliphatic rings. The maximum atomic E-state index is 6.08. The van der Waals surface area contributed by atoms with E-state index in [4.69, 9.17) is 9.47 Å². The number of likely N-dealkylation sites (tertiary alicyclic amines) is 1. The smallest absolute Gasteiger partial charge is 0.119 e. The Morgan fingerprint density at radius 2 is 1.84 bits per heavy atom. The summed E-state index contributed by atoms with van der Waals surface area (Å²) in [6.45, 7) is 8.26. The lowest BCUT2D eigenvalue weighted by molar-refractivity contribution is 0.0141. The van der Waals surface area contributed by atoms with Crippen molar-refractivity contribution < 1.29 is 9.47 Å². The molecule has 0 radical (unpaired) electrons. The molecule has 1 aliphatic carbocycles. The molecule has 2 fully saturated rings. The fraction of sp³-hybridized carbons (Fsp3) is 0.714. The first-order valence-corrected chi connectivity index (χ1v) is 10.2. The monoisotopic (exact) mass is 344 g/mol. The summed E-state index contributed by atoms with van der Waals surface area (Å²) in [7, 11) is 0. The Bertz CT molecular complexity index is 551. The number of fused-ring (bicyclic) bond motifs is 1. The van der Waals surface area contributed by atoms with E-state index in [0.29, 0.717) is 6.04 Å². The second-order valence-corrected chi connectivity index (χ2v) is 7.67. The minimum Gasteiger partial charge on any atom is -0.492 e. The Hall–Kier alpha value is -1.10. The third-order valence-corrected chi connectivity index (χ3v) is 6.01. The van der Waals surface area contributed by atoms with Gasteiger partial charge in [-0.15, -0.1) is 0 Å². The first-order chi connectivity index (χ1) is 12.4. The molecule has 2 saturated heterocycles. The van der Waals surface area contributed by atoms with Gasteiger partial charge in [-0.1, -0.05) is 12.5 Å². The number of rotatable bonds is 5. The highest BCUT2D eigenvalue weighted by molar-refractivity contribution is 5.38. The van der Waals surface area contributed by atoms with Crippen molar-refractivity contribution in [2.24, 2.45) is 0 Å². The summed E-state index contributed by atoms with van der Waals surface area (Å²) in [5, 5.41) is 0. The van der Waals surface area contributed by atoms with Gasteiger partial charge in [0.25, 0.3) is 0 Å². The van der Waals surface area contributed by atoms with Crippen LogP contribution in [0.4, 0.5) is 0 Å². The molecular weight excluding hydrogens is 312 g/mol. The number of hydrogen-bond donors (Lipinski definition) is 0. The number of nitrogens with zero attached hydrogens (tertiary/aromatic N) is 2. The van der Waals surface area contributed by atoms with E-state index < -0.39 is 0 Å². The average Bonchev–Trinajstić information content (AvgIpc) is 3.08. The van der Waals surface area contributed by atoms with Gasteiger partial charge in [-0.05, 0) is 68.5 Å². The van der Waals surface area contributed by atoms with Crippen LogP contribution in [0.25, 0.3) is 0 Å². The van der Waals surface area contributed by atoms with E-state index in [2.05, 4.69) is 28.0 Å². The van der Waals surface area contributed by atoms with Crippen molar-refractivity contribution in [3.63, 3.8) is 0 Å². The molecule has 0 saturated carbocycles. The molecule has 1 aromatic rings. The number of hydrogen-bond acceptors (Lipinski definition) is 4. The zero-order valence-electron chi connectivity index (χ0n) is 15.4. The van der Waals surface area contributed by atoms with Crippen molar-refractivity contribution in [1.82, 2.24) is 9.80 Å². The highest BCUT2D eigenvalue weighted by atomic mass is 16.5. The first-order valence-electron chi connectivity index (χ1n) is 10.2. The number of aryl methyl sites for hydroxylation is 1. The van der Waals surface area contributed by atoms with Crippen LogP contribution >= 0.6 is 0 Å². The SMILES string of the molecule is c1cc2c(cc1OCCN1CCCC1)CCCCC2N1CCOCC1. The topological polar surface area (TPSA) is 24.9 Å². The maximum absolute atomic E-state index is 6.08. The van der Waals surface area contributed by atoms with E-state index in [-0.39, 0.29) is 0 Å². The normalized spacial score (nSPS) is 25.5. The van der Waals surface area contributed by atoms with Crippen LogP contribution in [0, 0.1) is 0 Å². The molecule has 0 aromatic heterocycles. The number of ether oxygens (including phenoxy) is 2. The highest BCUT2D eigenvalue weighted by Gasteiger charge is 2.26. The standard InChI is InChI=1S/C21H32N2O2/c1-2-6-21(23-12-14-24-15-13-23)20-8-7-19(17-18(20)5-1)25-16-11-22-9-3-4-10-22/h7-8,17,21H,1-6,9-16H2. The van der Waals surface area contributed by atoms with Crippen molar-refractivity contribution in [2.75, 3.05) is 52.5 Å². The van der Waals surface area contributed by atoms with Crippen molar-refractivity contribution in [3.05, 3.63) is 29.3 Å². The quantitative estimate of drug-likeness (QED) is 0.766. The van der Waals surface area contributed by atoms with Crippen LogP contribution in [-0.2, 0) is 11.2 Å². The van der Waals surface area contributed by atoms with Gasteiger partial charge in [0.05, 0.1) is 13.2 Å². The van der Waals surface area contributed by atoms with Gasteiger partial charge in [-0.3, -0.25) is 9.80 Å². The summed E-state index contributed by atoms with van der Waals surface area (Å²) >= 11 is 0. The molecule has 4 nitrogen and oxygen atoms in total. The Morgan fingerprint density at radius 3 is 2.68 bits per heavy atom. The Balaban J connectivity index is 1.41. The molecule has 4 rings (SSSR count). The number of benzene rings is 1. The molecule has 1 atom stereocenters. The summed E-state index contributed by atoms with van der Waals surface area (Å²) in [4.78, 5) is 5.14. The first kappa shape index (κ1) is 17.3. The minimum atomic E-state index is 0.569. The Morgan fingerprint density at radius 1 is 1.00 bits per heavy atom. The van der Waals surface area contributed by atoms with Crippen LogP contribution in [0.3, 0.4) is 0 Å². The predicted molar refractivity (Wildman–Crippen MR) is 100 cm³/mol. The molecule has 2 heterocycles. The van der Waals surface area contributed by atoms with Crippen molar-refractivity contribution in [2.45, 2.75) is 44.6 Å². The second kappa shape index (κ2) is 8.52. The molecule has 0 bridgehead atoms. The van der Waals surface area contributed by atoms with Crippen LogP contribution < -0.4 is 4.74 Å². The minimum absolute atomic E-state index is 0.569. The molecule has 1 unspecified atom stereocenters. The zero-order chi connectivity index (χ0) is 16.9. The molecule has 25 heavy (non-hydrogen) atoms. The third-order valence-electron chi connectivity index (χ3n) is 6.01. The van der Waals surface area contributed by atoms with Crippen LogP contribution in [-0.4, -0.2) is 62.3 Å². The molecule has 0 spiro atoms. The van der Waals surface area contributed by atoms with Gasteiger partial charge in [0.1, 0.15) is 12.4 Å². The van der Waals surface area contributed by atoms with Gasteiger partial charge in [-0.2, -0.15) is 0 Å². The highest BCUT2D eigenvalue weighted by Crippen LogP contribution is 2.35. The van der Waals surface area contributed by atoms with Gasteiger partial charge >= 0.3 is 0 Å². The van der Waals surface area contributed by atoms with Gasteiger partial charge in [-0.25, -0.2) is 0 Å². The summed E-state index contributed by atoms with van der Waals surface area (Å²) < 4.78 is 11.6. The fourth-order valence-electron chi connectivity index (χ4n) is 4.59. The predicted octanol–water partition coefficient (Wildman–Crippen LogP) is 3.26. The molecule has 138 valence electrons. The lowest BCUT2D eigenvalue weighted by Crippen LogP contribution is -2.39. The van der Waals surface area contributed by atoms with Gasteiger partial charge in [0.15, 0.2) is 0 Å². The lowest BCUT2D eigenvalue weighted by atomic mass is 9.97. The Kier molecular flexibility index (Phi) is 5.90. The van der Waals surface area contributed by atoms with E-state index >= 15 is 0 Å². The summed E-state index contributed by atoms with van der Waals surface area (Å²) in [6.07, 6.45) is 7.79. The second-order valence-electron chi connectivity index (χ2n) is 7.67.